The molecule has 3 atom stereocenters. The van der Waals surface area contributed by atoms with Crippen molar-refractivity contribution in [3.05, 3.63) is 29.3 Å². The van der Waals surface area contributed by atoms with Crippen LogP contribution in [0.25, 0.3) is 0 Å². The van der Waals surface area contributed by atoms with E-state index < -0.39 is 0 Å². The van der Waals surface area contributed by atoms with E-state index in [0.29, 0.717) is 24.5 Å². The van der Waals surface area contributed by atoms with Crippen LogP contribution in [-0.2, 0) is 11.3 Å². The van der Waals surface area contributed by atoms with Gasteiger partial charge in [-0.3, -0.25) is 9.89 Å². The van der Waals surface area contributed by atoms with Gasteiger partial charge >= 0.3 is 0 Å². The van der Waals surface area contributed by atoms with Crippen LogP contribution >= 0.6 is 0 Å². The molecule has 168 valence electrons. The molecule has 2 heterocycles. The first-order valence-electron chi connectivity index (χ1n) is 11.6. The maximum absolute atomic E-state index is 6.17. The van der Waals surface area contributed by atoms with Gasteiger partial charge in [0.15, 0.2) is 5.96 Å². The molecule has 30 heavy (non-hydrogen) atoms. The maximum Gasteiger partial charge on any atom is 0.191 e. The number of piperidine rings is 1. The molecular weight excluding hydrogens is 376 g/mol. The van der Waals surface area contributed by atoms with E-state index in [1.807, 2.05) is 7.05 Å². The molecule has 2 fully saturated rings. The lowest BCUT2D eigenvalue weighted by atomic mass is 10.0. The highest BCUT2D eigenvalue weighted by molar-refractivity contribution is 5.79. The number of likely N-dealkylation sites (tertiary alicyclic amines) is 1. The fraction of sp³-hybridized carbons (Fsp3) is 0.708. The van der Waals surface area contributed by atoms with Crippen molar-refractivity contribution in [1.29, 1.82) is 0 Å². The fourth-order valence-electron chi connectivity index (χ4n) is 4.40. The molecule has 0 amide bonds. The van der Waals surface area contributed by atoms with Crippen molar-refractivity contribution in [2.75, 3.05) is 40.0 Å². The van der Waals surface area contributed by atoms with Crippen LogP contribution < -0.4 is 15.4 Å². The van der Waals surface area contributed by atoms with Gasteiger partial charge in [0.25, 0.3) is 0 Å². The Morgan fingerprint density at radius 3 is 2.90 bits per heavy atom. The van der Waals surface area contributed by atoms with E-state index >= 15 is 0 Å². The van der Waals surface area contributed by atoms with E-state index in [1.54, 1.807) is 0 Å². The van der Waals surface area contributed by atoms with Crippen molar-refractivity contribution in [3.8, 4) is 5.75 Å². The molecule has 1 aromatic carbocycles. The molecule has 6 nitrogen and oxygen atoms in total. The van der Waals surface area contributed by atoms with Crippen molar-refractivity contribution in [1.82, 2.24) is 15.5 Å². The van der Waals surface area contributed by atoms with Crippen LogP contribution in [0.3, 0.4) is 0 Å². The minimum Gasteiger partial charge on any atom is -0.493 e. The zero-order valence-corrected chi connectivity index (χ0v) is 19.2. The Kier molecular flexibility index (Phi) is 8.82. The van der Waals surface area contributed by atoms with E-state index in [0.717, 1.165) is 50.1 Å². The average Bonchev–Trinajstić information content (AvgIpc) is 3.27. The summed E-state index contributed by atoms with van der Waals surface area (Å²) in [6.45, 7) is 11.9. The second kappa shape index (κ2) is 11.6. The van der Waals surface area contributed by atoms with Crippen LogP contribution in [-0.4, -0.2) is 62.9 Å². The van der Waals surface area contributed by atoms with Crippen LogP contribution in [0.1, 0.15) is 50.7 Å². The third-order valence-corrected chi connectivity index (χ3v) is 6.38. The monoisotopic (exact) mass is 416 g/mol. The van der Waals surface area contributed by atoms with E-state index in [4.69, 9.17) is 9.47 Å². The van der Waals surface area contributed by atoms with E-state index in [-0.39, 0.29) is 0 Å². The van der Waals surface area contributed by atoms with Gasteiger partial charge in [0.05, 0.1) is 13.2 Å². The highest BCUT2D eigenvalue weighted by atomic mass is 16.5. The molecule has 0 bridgehead atoms. The highest BCUT2D eigenvalue weighted by Crippen LogP contribution is 2.23. The van der Waals surface area contributed by atoms with Crippen molar-refractivity contribution in [2.24, 2.45) is 10.9 Å². The number of guanidine groups is 1. The Labute approximate surface area is 182 Å². The maximum atomic E-state index is 6.17. The summed E-state index contributed by atoms with van der Waals surface area (Å²) in [6, 6.07) is 7.57. The second-order valence-corrected chi connectivity index (χ2v) is 8.89. The Balaban J connectivity index is 1.50. The first kappa shape index (κ1) is 22.9. The van der Waals surface area contributed by atoms with Gasteiger partial charge in [-0.15, -0.1) is 0 Å². The molecule has 2 saturated heterocycles. The number of hydrogen-bond donors (Lipinski definition) is 2. The molecule has 0 aromatic heterocycles. The number of rotatable bonds is 8. The fourth-order valence-corrected chi connectivity index (χ4v) is 4.40. The quantitative estimate of drug-likeness (QED) is 0.503. The predicted molar refractivity (Wildman–Crippen MR) is 123 cm³/mol. The zero-order valence-electron chi connectivity index (χ0n) is 19.2. The van der Waals surface area contributed by atoms with Crippen LogP contribution in [0.15, 0.2) is 23.2 Å². The third-order valence-electron chi connectivity index (χ3n) is 6.38. The zero-order chi connectivity index (χ0) is 21.3. The van der Waals surface area contributed by atoms with Gasteiger partial charge in [0.1, 0.15) is 5.75 Å². The molecule has 0 radical (unpaired) electrons. The van der Waals surface area contributed by atoms with Crippen LogP contribution in [0.4, 0.5) is 0 Å². The lowest BCUT2D eigenvalue weighted by Gasteiger charge is -2.38. The van der Waals surface area contributed by atoms with Crippen molar-refractivity contribution >= 4 is 5.96 Å². The van der Waals surface area contributed by atoms with Gasteiger partial charge in [-0.2, -0.15) is 0 Å². The molecule has 3 rings (SSSR count). The number of ether oxygens (including phenoxy) is 2. The minimum atomic E-state index is 0.491. The Morgan fingerprint density at radius 1 is 1.30 bits per heavy atom. The third kappa shape index (κ3) is 6.61. The van der Waals surface area contributed by atoms with Gasteiger partial charge in [-0.25, -0.2) is 0 Å². The predicted octanol–water partition coefficient (Wildman–Crippen LogP) is 3.34. The number of nitrogens with one attached hydrogen (secondary N) is 2. The molecule has 0 spiro atoms. The molecule has 2 N–H and O–H groups in total. The number of aliphatic imine (C=N–C) groups is 1. The number of hydrogen-bond acceptors (Lipinski definition) is 4. The summed E-state index contributed by atoms with van der Waals surface area (Å²) in [4.78, 5) is 7.03. The SMILES string of the molecule is CN=C(NCc1ccc(C)cc1OCC1CCOC1)NCC(C)N1CCCCC1C. The lowest BCUT2D eigenvalue weighted by molar-refractivity contribution is 0.115. The Bertz CT molecular complexity index is 688. The summed E-state index contributed by atoms with van der Waals surface area (Å²) in [5, 5.41) is 6.96. The number of aryl methyl sites for hydroxylation is 1. The number of nitrogens with zero attached hydrogens (tertiary/aromatic N) is 2. The summed E-state index contributed by atoms with van der Waals surface area (Å²) in [6.07, 6.45) is 5.06. The molecule has 1 aromatic rings. The van der Waals surface area contributed by atoms with Crippen molar-refractivity contribution in [3.63, 3.8) is 0 Å². The molecule has 0 saturated carbocycles. The van der Waals surface area contributed by atoms with Gasteiger partial charge < -0.3 is 20.1 Å². The van der Waals surface area contributed by atoms with E-state index in [9.17, 15) is 0 Å². The summed E-state index contributed by atoms with van der Waals surface area (Å²) in [5.41, 5.74) is 2.36. The molecule has 2 aliphatic rings. The molecule has 6 heteroatoms. The normalized spacial score (nSPS) is 23.9. The standard InChI is InChI=1S/C24H40N4O2/c1-18-8-9-22(23(13-18)30-17-21-10-12-29-16-21)15-27-24(25-4)26-14-20(3)28-11-6-5-7-19(28)2/h8-9,13,19-21H,5-7,10-12,14-17H2,1-4H3,(H2,25,26,27). The highest BCUT2D eigenvalue weighted by Gasteiger charge is 2.23. The van der Waals surface area contributed by atoms with Gasteiger partial charge in [0, 0.05) is 50.3 Å². The van der Waals surface area contributed by atoms with E-state index in [1.165, 1.54) is 31.4 Å². The Morgan fingerprint density at radius 2 is 2.17 bits per heavy atom. The first-order valence-corrected chi connectivity index (χ1v) is 11.6. The first-order chi connectivity index (χ1) is 14.6. The molecule has 3 unspecified atom stereocenters. The Hall–Kier alpha value is -1.79. The van der Waals surface area contributed by atoms with E-state index in [2.05, 4.69) is 59.5 Å². The molecule has 0 aliphatic carbocycles. The van der Waals surface area contributed by atoms with Crippen molar-refractivity contribution < 1.29 is 9.47 Å². The topological polar surface area (TPSA) is 58.1 Å². The molecular formula is C24H40N4O2. The second-order valence-electron chi connectivity index (χ2n) is 8.89. The summed E-state index contributed by atoms with van der Waals surface area (Å²) >= 11 is 0. The van der Waals surface area contributed by atoms with Crippen LogP contribution in [0, 0.1) is 12.8 Å². The number of benzene rings is 1. The summed E-state index contributed by atoms with van der Waals surface area (Å²) < 4.78 is 11.6. The smallest absolute Gasteiger partial charge is 0.191 e. The largest absolute Gasteiger partial charge is 0.493 e. The average molecular weight is 417 g/mol. The van der Waals surface area contributed by atoms with Gasteiger partial charge in [-0.05, 0) is 58.2 Å². The van der Waals surface area contributed by atoms with Crippen LogP contribution in [0.5, 0.6) is 5.75 Å². The summed E-state index contributed by atoms with van der Waals surface area (Å²) in [5.74, 6) is 2.29. The lowest BCUT2D eigenvalue weighted by Crippen LogP contribution is -2.50. The minimum absolute atomic E-state index is 0.491. The van der Waals surface area contributed by atoms with Crippen LogP contribution in [0.2, 0.25) is 0 Å². The van der Waals surface area contributed by atoms with Crippen molar-refractivity contribution in [2.45, 2.75) is 65.1 Å². The molecule has 2 aliphatic heterocycles. The van der Waals surface area contributed by atoms with Gasteiger partial charge in [0.2, 0.25) is 0 Å². The summed E-state index contributed by atoms with van der Waals surface area (Å²) in [7, 11) is 1.83. The van der Waals surface area contributed by atoms with Gasteiger partial charge in [-0.1, -0.05) is 18.6 Å².